The topological polar surface area (TPSA) is 193 Å². The van der Waals surface area contributed by atoms with Gasteiger partial charge in [-0.3, -0.25) is 19.1 Å². The van der Waals surface area contributed by atoms with Crippen LogP contribution in [0.3, 0.4) is 0 Å². The van der Waals surface area contributed by atoms with E-state index in [0.717, 1.165) is 0 Å². The first kappa shape index (κ1) is 37.9. The molecule has 6 rings (SSSR count). The van der Waals surface area contributed by atoms with Crippen LogP contribution in [0.2, 0.25) is 5.02 Å². The van der Waals surface area contributed by atoms with Crippen LogP contribution < -0.4 is 24.8 Å². The highest BCUT2D eigenvalue weighted by Gasteiger charge is 2.62. The maximum atomic E-state index is 14.7. The van der Waals surface area contributed by atoms with E-state index < -0.39 is 74.0 Å². The molecule has 14 nitrogen and oxygen atoms in total. The van der Waals surface area contributed by atoms with E-state index in [1.807, 2.05) is 20.8 Å². The lowest BCUT2D eigenvalue weighted by molar-refractivity contribution is -0.141. The molecule has 3 fully saturated rings. The van der Waals surface area contributed by atoms with Gasteiger partial charge >= 0.3 is 5.97 Å². The Morgan fingerprint density at radius 3 is 2.49 bits per heavy atom. The molecular weight excluding hydrogens is 726 g/mol. The number of carbonyl (C=O) groups is 4. The molecule has 1 aromatic heterocycles. The quantitative estimate of drug-likeness (QED) is 0.183. The molecule has 4 N–H and O–H groups in total. The number of nitrogens with one attached hydrogen (secondary N) is 3. The number of amides is 3. The summed E-state index contributed by atoms with van der Waals surface area (Å²) in [6.45, 7) is 9.20. The lowest BCUT2D eigenvalue weighted by Gasteiger charge is -2.36. The molecule has 5 atom stereocenters. The third-order valence-electron chi connectivity index (χ3n) is 9.91. The average molecular weight is 768 g/mol. The Kier molecular flexibility index (Phi) is 10.1. The van der Waals surface area contributed by atoms with E-state index in [9.17, 15) is 32.7 Å². The summed E-state index contributed by atoms with van der Waals surface area (Å²) in [4.78, 5) is 60.0. The third kappa shape index (κ3) is 7.77. The van der Waals surface area contributed by atoms with Gasteiger partial charge in [0.15, 0.2) is 0 Å². The van der Waals surface area contributed by atoms with Gasteiger partial charge in [-0.2, -0.15) is 0 Å². The first-order chi connectivity index (χ1) is 25.0. The number of ether oxygens (including phenoxy) is 2. The number of rotatable bonds is 13. The normalized spacial score (nSPS) is 23.1. The van der Waals surface area contributed by atoms with E-state index in [2.05, 4.69) is 26.9 Å². The summed E-state index contributed by atoms with van der Waals surface area (Å²) in [5, 5.41) is 16.5. The average Bonchev–Trinajstić information content (AvgIpc) is 4.03. The Hall–Kier alpha value is -4.89. The number of hydrogen-bond acceptors (Lipinski definition) is 10. The standard InChI is InChI=1S/C37H42ClN5O9S/c1-6-21-17-37(21,35(48)42-53(49,50)25-11-12-25)41-31(44)28-16-24(52-32-27-15-22(38)10-13-26(27)29(51-5)18-39-32)19-43(28)33(45)30(36(2,3)4)40-23-9-7-8-20(14-23)34(46)47/h6-10,13-15,18,21,24-25,28,30,40H,1,11-12,16-17,19H2,2-5H3,(H,41,44)(H,42,48)(H,46,47)/t21?,24-,28+,30-,37?/m1/s1. The smallest absolute Gasteiger partial charge is 0.335 e. The monoisotopic (exact) mass is 767 g/mol. The number of fused-ring (bicyclic) bond motifs is 1. The molecule has 2 aliphatic carbocycles. The van der Waals surface area contributed by atoms with E-state index in [0.29, 0.717) is 40.1 Å². The summed E-state index contributed by atoms with van der Waals surface area (Å²) >= 11 is 6.33. The predicted octanol–water partition coefficient (Wildman–Crippen LogP) is 4.14. The van der Waals surface area contributed by atoms with Crippen LogP contribution in [0.5, 0.6) is 11.6 Å². The predicted molar refractivity (Wildman–Crippen MR) is 197 cm³/mol. The number of carbonyl (C=O) groups excluding carboxylic acids is 3. The van der Waals surface area contributed by atoms with Crippen molar-refractivity contribution in [3.05, 3.63) is 71.9 Å². The van der Waals surface area contributed by atoms with Gasteiger partial charge in [0.05, 0.1) is 30.7 Å². The van der Waals surface area contributed by atoms with E-state index in [4.69, 9.17) is 21.1 Å². The van der Waals surface area contributed by atoms with Crippen molar-refractivity contribution >= 4 is 61.8 Å². The molecule has 0 spiro atoms. The molecule has 0 bridgehead atoms. The van der Waals surface area contributed by atoms with Crippen molar-refractivity contribution in [1.29, 1.82) is 0 Å². The van der Waals surface area contributed by atoms with Gasteiger partial charge < -0.3 is 30.1 Å². The number of halogens is 1. The fraction of sp³-hybridized carbons (Fsp3) is 0.432. The molecule has 2 heterocycles. The largest absolute Gasteiger partial charge is 0.494 e. The number of sulfonamides is 1. The summed E-state index contributed by atoms with van der Waals surface area (Å²) in [7, 11) is -2.40. The maximum Gasteiger partial charge on any atom is 0.335 e. The molecule has 282 valence electrons. The van der Waals surface area contributed by atoms with Crippen molar-refractivity contribution in [1.82, 2.24) is 19.9 Å². The second-order valence-electron chi connectivity index (χ2n) is 14.8. The fourth-order valence-corrected chi connectivity index (χ4v) is 8.23. The van der Waals surface area contributed by atoms with Crippen LogP contribution in [-0.2, 0) is 24.4 Å². The van der Waals surface area contributed by atoms with Crippen molar-refractivity contribution in [2.24, 2.45) is 11.3 Å². The van der Waals surface area contributed by atoms with Crippen molar-refractivity contribution in [3.8, 4) is 11.6 Å². The number of likely N-dealkylation sites (tertiary alicyclic amines) is 1. The number of aromatic carboxylic acids is 1. The van der Waals surface area contributed by atoms with E-state index in [1.54, 1.807) is 30.3 Å². The number of carboxylic acids is 1. The van der Waals surface area contributed by atoms with Gasteiger partial charge in [-0.15, -0.1) is 6.58 Å². The van der Waals surface area contributed by atoms with E-state index in [-0.39, 0.29) is 30.8 Å². The van der Waals surface area contributed by atoms with Crippen molar-refractivity contribution in [3.63, 3.8) is 0 Å². The maximum absolute atomic E-state index is 14.7. The zero-order valence-corrected chi connectivity index (χ0v) is 31.3. The van der Waals surface area contributed by atoms with Crippen LogP contribution in [0.25, 0.3) is 10.8 Å². The molecule has 2 aromatic carbocycles. The number of benzene rings is 2. The first-order valence-electron chi connectivity index (χ1n) is 17.2. The summed E-state index contributed by atoms with van der Waals surface area (Å²) in [6.07, 6.45) is 3.24. The Labute approximate surface area is 312 Å². The summed E-state index contributed by atoms with van der Waals surface area (Å²) in [5.41, 5.74) is -1.91. The van der Waals surface area contributed by atoms with Gasteiger partial charge in [-0.25, -0.2) is 18.2 Å². The van der Waals surface area contributed by atoms with Crippen LogP contribution >= 0.6 is 11.6 Å². The number of pyridine rings is 1. The van der Waals surface area contributed by atoms with Gasteiger partial charge in [-0.1, -0.05) is 44.5 Å². The van der Waals surface area contributed by atoms with Crippen molar-refractivity contribution in [2.75, 3.05) is 19.0 Å². The molecule has 0 radical (unpaired) electrons. The van der Waals surface area contributed by atoms with Crippen molar-refractivity contribution in [2.45, 2.75) is 75.4 Å². The highest BCUT2D eigenvalue weighted by molar-refractivity contribution is 7.91. The minimum absolute atomic E-state index is 0.00443. The van der Waals surface area contributed by atoms with Gasteiger partial charge in [0.1, 0.15) is 29.5 Å². The molecule has 1 saturated heterocycles. The zero-order valence-electron chi connectivity index (χ0n) is 29.7. The van der Waals surface area contributed by atoms with Gasteiger partial charge in [0.2, 0.25) is 27.7 Å². The van der Waals surface area contributed by atoms with Gasteiger partial charge in [-0.05, 0) is 61.1 Å². The minimum Gasteiger partial charge on any atom is -0.494 e. The second-order valence-corrected chi connectivity index (χ2v) is 17.2. The zero-order chi connectivity index (χ0) is 38.5. The number of methoxy groups -OCH3 is 1. The molecular formula is C37H42ClN5O9S. The number of carboxylic acid groups (broad SMARTS) is 1. The molecule has 53 heavy (non-hydrogen) atoms. The van der Waals surface area contributed by atoms with Gasteiger partial charge in [0.25, 0.3) is 5.91 Å². The number of anilines is 1. The van der Waals surface area contributed by atoms with Crippen LogP contribution in [0.1, 0.15) is 56.8 Å². The third-order valence-corrected chi connectivity index (χ3v) is 12.0. The molecule has 3 aliphatic rings. The minimum atomic E-state index is -3.92. The molecule has 2 unspecified atom stereocenters. The SMILES string of the molecule is C=CC1CC1(NC(=O)[C@@H]1C[C@@H](Oc2ncc(OC)c3ccc(Cl)cc23)CN1C(=O)[C@@H](Nc1cccc(C(=O)O)c1)C(C)(C)C)C(=O)NS(=O)(=O)C1CC1. The van der Waals surface area contributed by atoms with Crippen LogP contribution in [0.4, 0.5) is 5.69 Å². The first-order valence-corrected chi connectivity index (χ1v) is 19.1. The Bertz CT molecular complexity index is 2100. The van der Waals surface area contributed by atoms with Crippen LogP contribution in [0.15, 0.2) is 61.3 Å². The Balaban J connectivity index is 1.33. The Morgan fingerprint density at radius 2 is 1.87 bits per heavy atom. The highest BCUT2D eigenvalue weighted by atomic mass is 35.5. The summed E-state index contributed by atoms with van der Waals surface area (Å²) in [6, 6.07) is 9.09. The van der Waals surface area contributed by atoms with E-state index >= 15 is 0 Å². The fourth-order valence-electron chi connectivity index (χ4n) is 6.70. The molecule has 16 heteroatoms. The highest BCUT2D eigenvalue weighted by Crippen LogP contribution is 2.46. The number of aromatic nitrogens is 1. The van der Waals surface area contributed by atoms with Crippen LogP contribution in [-0.4, -0.2) is 89.7 Å². The Morgan fingerprint density at radius 1 is 1.13 bits per heavy atom. The molecule has 2 saturated carbocycles. The lowest BCUT2D eigenvalue weighted by atomic mass is 9.85. The summed E-state index contributed by atoms with van der Waals surface area (Å²) < 4.78 is 39.4. The molecule has 3 aromatic rings. The number of nitrogens with zero attached hydrogens (tertiary/aromatic N) is 2. The van der Waals surface area contributed by atoms with Crippen molar-refractivity contribution < 1.29 is 42.2 Å². The molecule has 3 amide bonds. The van der Waals surface area contributed by atoms with Gasteiger partial charge in [0, 0.05) is 33.8 Å². The lowest BCUT2D eigenvalue weighted by Crippen LogP contribution is -2.58. The van der Waals surface area contributed by atoms with E-state index in [1.165, 1.54) is 36.4 Å². The number of hydrogen-bond donors (Lipinski definition) is 4. The molecule has 1 aliphatic heterocycles. The second kappa shape index (κ2) is 14.2. The summed E-state index contributed by atoms with van der Waals surface area (Å²) in [5.74, 6) is -3.00. The van der Waals surface area contributed by atoms with Crippen LogP contribution in [0, 0.1) is 11.3 Å².